The maximum absolute atomic E-state index is 5.22. The van der Waals surface area contributed by atoms with Crippen LogP contribution in [0.5, 0.6) is 0 Å². The number of hydrogen-bond acceptors (Lipinski definition) is 3. The van der Waals surface area contributed by atoms with Crippen LogP contribution in [0, 0.1) is 6.92 Å². The zero-order chi connectivity index (χ0) is 8.10. The highest BCUT2D eigenvalue weighted by Crippen LogP contribution is 2.07. The molecule has 0 bridgehead atoms. The van der Waals surface area contributed by atoms with Crippen LogP contribution >= 0.6 is 11.8 Å². The molecule has 0 fully saturated rings. The van der Waals surface area contributed by atoms with E-state index in [4.69, 9.17) is 4.42 Å². The molecule has 0 aliphatic carbocycles. The summed E-state index contributed by atoms with van der Waals surface area (Å²) in [7, 11) is 0. The first kappa shape index (κ1) is 8.40. The average molecular weight is 169 g/mol. The lowest BCUT2D eigenvalue weighted by molar-refractivity contribution is 0.517. The zero-order valence-electron chi connectivity index (χ0n) is 6.70. The lowest BCUT2D eigenvalue weighted by Gasteiger charge is -1.83. The standard InChI is InChI=1S/C8H11NOS/c1-3-11-5-4-8-9-6-7(2)10-8/h4-6H,3H2,1-2H3. The number of thioether (sulfide) groups is 1. The van der Waals surface area contributed by atoms with Gasteiger partial charge in [0, 0.05) is 6.08 Å². The molecule has 60 valence electrons. The van der Waals surface area contributed by atoms with Crippen molar-refractivity contribution in [1.82, 2.24) is 4.98 Å². The van der Waals surface area contributed by atoms with Crippen LogP contribution in [0.3, 0.4) is 0 Å². The Hall–Kier alpha value is -0.700. The van der Waals surface area contributed by atoms with Crippen molar-refractivity contribution < 1.29 is 4.42 Å². The van der Waals surface area contributed by atoms with Crippen molar-refractivity contribution in [3.63, 3.8) is 0 Å². The van der Waals surface area contributed by atoms with Gasteiger partial charge in [-0.15, -0.1) is 11.8 Å². The third-order valence-corrected chi connectivity index (χ3v) is 1.77. The molecule has 0 unspecified atom stereocenters. The number of nitrogens with zero attached hydrogens (tertiary/aromatic N) is 1. The van der Waals surface area contributed by atoms with E-state index in [1.807, 2.05) is 18.4 Å². The fourth-order valence-corrected chi connectivity index (χ4v) is 1.06. The number of rotatable bonds is 3. The van der Waals surface area contributed by atoms with E-state index in [1.54, 1.807) is 18.0 Å². The molecule has 0 saturated heterocycles. The molecular weight excluding hydrogens is 158 g/mol. The van der Waals surface area contributed by atoms with Crippen molar-refractivity contribution in [2.75, 3.05) is 5.75 Å². The topological polar surface area (TPSA) is 26.0 Å². The fraction of sp³-hybridized carbons (Fsp3) is 0.375. The molecule has 0 saturated carbocycles. The summed E-state index contributed by atoms with van der Waals surface area (Å²) in [5, 5.41) is 1.99. The molecule has 1 aromatic heterocycles. The maximum atomic E-state index is 5.22. The molecule has 3 heteroatoms. The van der Waals surface area contributed by atoms with Gasteiger partial charge in [-0.25, -0.2) is 4.98 Å². The summed E-state index contributed by atoms with van der Waals surface area (Å²) >= 11 is 1.73. The van der Waals surface area contributed by atoms with Gasteiger partial charge in [0.25, 0.3) is 0 Å². The fourth-order valence-electron chi connectivity index (χ4n) is 0.652. The van der Waals surface area contributed by atoms with Crippen LogP contribution in [-0.2, 0) is 0 Å². The minimum atomic E-state index is 0.684. The Labute approximate surface area is 70.7 Å². The molecule has 0 aliphatic rings. The summed E-state index contributed by atoms with van der Waals surface area (Å²) in [6.45, 7) is 3.99. The van der Waals surface area contributed by atoms with Gasteiger partial charge >= 0.3 is 0 Å². The van der Waals surface area contributed by atoms with Crippen LogP contribution in [0.25, 0.3) is 6.08 Å². The van der Waals surface area contributed by atoms with Crippen LogP contribution in [0.15, 0.2) is 16.0 Å². The van der Waals surface area contributed by atoms with Gasteiger partial charge in [-0.05, 0) is 18.1 Å². The SMILES string of the molecule is CCSC=Cc1ncc(C)o1. The lowest BCUT2D eigenvalue weighted by Crippen LogP contribution is -1.65. The van der Waals surface area contributed by atoms with Crippen molar-refractivity contribution in [2.45, 2.75) is 13.8 Å². The van der Waals surface area contributed by atoms with Crippen LogP contribution in [0.1, 0.15) is 18.6 Å². The smallest absolute Gasteiger partial charge is 0.219 e. The Balaban J connectivity index is 2.50. The first-order valence-electron chi connectivity index (χ1n) is 3.53. The zero-order valence-corrected chi connectivity index (χ0v) is 7.52. The minimum absolute atomic E-state index is 0.684. The molecular formula is C8H11NOS. The third kappa shape index (κ3) is 2.80. The van der Waals surface area contributed by atoms with Crippen molar-refractivity contribution >= 4 is 17.8 Å². The van der Waals surface area contributed by atoms with Crippen molar-refractivity contribution in [2.24, 2.45) is 0 Å². The normalized spacial score (nSPS) is 11.1. The molecule has 2 nitrogen and oxygen atoms in total. The minimum Gasteiger partial charge on any atom is -0.442 e. The van der Waals surface area contributed by atoms with E-state index in [0.717, 1.165) is 11.5 Å². The Kier molecular flexibility index (Phi) is 3.23. The van der Waals surface area contributed by atoms with E-state index in [9.17, 15) is 0 Å². The molecule has 11 heavy (non-hydrogen) atoms. The van der Waals surface area contributed by atoms with Crippen LogP contribution < -0.4 is 0 Å². The molecule has 1 heterocycles. The molecule has 0 radical (unpaired) electrons. The summed E-state index contributed by atoms with van der Waals surface area (Å²) in [4.78, 5) is 4.02. The number of hydrogen-bond donors (Lipinski definition) is 0. The average Bonchev–Trinajstić information content (AvgIpc) is 2.37. The molecule has 0 spiro atoms. The largest absolute Gasteiger partial charge is 0.442 e. The predicted octanol–water partition coefficient (Wildman–Crippen LogP) is 2.71. The maximum Gasteiger partial charge on any atom is 0.219 e. The molecule has 1 aromatic rings. The summed E-state index contributed by atoms with van der Waals surface area (Å²) in [6, 6.07) is 0. The summed E-state index contributed by atoms with van der Waals surface area (Å²) in [5.74, 6) is 2.62. The highest BCUT2D eigenvalue weighted by molar-refractivity contribution is 8.02. The predicted molar refractivity (Wildman–Crippen MR) is 48.4 cm³/mol. The highest BCUT2D eigenvalue weighted by Gasteiger charge is 1.92. The second kappa shape index (κ2) is 4.23. The second-order valence-corrected chi connectivity index (χ2v) is 3.25. The van der Waals surface area contributed by atoms with E-state index in [0.29, 0.717) is 5.89 Å². The molecule has 0 atom stereocenters. The van der Waals surface area contributed by atoms with Gasteiger partial charge in [-0.2, -0.15) is 0 Å². The van der Waals surface area contributed by atoms with Gasteiger partial charge in [0.05, 0.1) is 6.20 Å². The summed E-state index contributed by atoms with van der Waals surface area (Å²) < 4.78 is 5.22. The monoisotopic (exact) mass is 169 g/mol. The van der Waals surface area contributed by atoms with E-state index in [2.05, 4.69) is 11.9 Å². The van der Waals surface area contributed by atoms with Crippen molar-refractivity contribution in [3.8, 4) is 0 Å². The lowest BCUT2D eigenvalue weighted by atomic mass is 10.6. The number of oxazole rings is 1. The molecule has 0 aromatic carbocycles. The first-order chi connectivity index (χ1) is 5.33. The highest BCUT2D eigenvalue weighted by atomic mass is 32.2. The molecule has 0 aliphatic heterocycles. The van der Waals surface area contributed by atoms with Gasteiger partial charge in [0.15, 0.2) is 0 Å². The van der Waals surface area contributed by atoms with Crippen molar-refractivity contribution in [3.05, 3.63) is 23.3 Å². The molecule has 1 rings (SSSR count). The summed E-state index contributed by atoms with van der Waals surface area (Å²) in [6.07, 6.45) is 3.59. The van der Waals surface area contributed by atoms with Crippen molar-refractivity contribution in [1.29, 1.82) is 0 Å². The van der Waals surface area contributed by atoms with Crippen LogP contribution in [-0.4, -0.2) is 10.7 Å². The van der Waals surface area contributed by atoms with Crippen LogP contribution in [0.4, 0.5) is 0 Å². The second-order valence-electron chi connectivity index (χ2n) is 2.07. The Morgan fingerprint density at radius 1 is 1.73 bits per heavy atom. The Morgan fingerprint density at radius 3 is 3.09 bits per heavy atom. The van der Waals surface area contributed by atoms with Gasteiger partial charge in [0.2, 0.25) is 5.89 Å². The Morgan fingerprint density at radius 2 is 2.55 bits per heavy atom. The van der Waals surface area contributed by atoms with Crippen LogP contribution in [0.2, 0.25) is 0 Å². The quantitative estimate of drug-likeness (QED) is 0.695. The Bertz CT molecular complexity index is 242. The van der Waals surface area contributed by atoms with E-state index in [-0.39, 0.29) is 0 Å². The first-order valence-corrected chi connectivity index (χ1v) is 4.58. The van der Waals surface area contributed by atoms with Gasteiger partial charge in [0.1, 0.15) is 5.76 Å². The van der Waals surface area contributed by atoms with Gasteiger partial charge in [-0.3, -0.25) is 0 Å². The van der Waals surface area contributed by atoms with E-state index < -0.39 is 0 Å². The van der Waals surface area contributed by atoms with E-state index >= 15 is 0 Å². The number of aryl methyl sites for hydroxylation is 1. The number of aromatic nitrogens is 1. The van der Waals surface area contributed by atoms with E-state index in [1.165, 1.54) is 0 Å². The third-order valence-electron chi connectivity index (χ3n) is 1.11. The van der Waals surface area contributed by atoms with Gasteiger partial charge in [-0.1, -0.05) is 6.92 Å². The molecule has 0 N–H and O–H groups in total. The summed E-state index contributed by atoms with van der Waals surface area (Å²) in [5.41, 5.74) is 0. The van der Waals surface area contributed by atoms with Gasteiger partial charge < -0.3 is 4.42 Å². The molecule has 0 amide bonds.